The molecular formula is C17H24N4O2S. The molecule has 0 aliphatic carbocycles. The number of fused-ring (bicyclic) bond motifs is 1. The second-order valence-electron chi connectivity index (χ2n) is 6.15. The van der Waals surface area contributed by atoms with Crippen LogP contribution in [0.1, 0.15) is 6.92 Å². The molecule has 0 bridgehead atoms. The Balaban J connectivity index is 1.49. The van der Waals surface area contributed by atoms with Gasteiger partial charge >= 0.3 is 0 Å². The Hall–Kier alpha value is -1.70. The molecule has 24 heavy (non-hydrogen) atoms. The van der Waals surface area contributed by atoms with Crippen molar-refractivity contribution in [3.05, 3.63) is 24.3 Å². The lowest BCUT2D eigenvalue weighted by atomic mass is 10.3. The summed E-state index contributed by atoms with van der Waals surface area (Å²) in [6, 6.07) is 8.28. The molecule has 1 aliphatic rings. The van der Waals surface area contributed by atoms with Crippen molar-refractivity contribution >= 4 is 32.6 Å². The standard InChI is InChI=1S/C17H24N4O2S/c1-13(12-23-2)18-16(22)11-20-7-9-21(10-8-20)17-19-14-5-3-4-6-15(14)24-17/h3-6,13H,7-12H2,1-2H3,(H,18,22). The molecule has 130 valence electrons. The van der Waals surface area contributed by atoms with E-state index in [1.165, 1.54) is 4.70 Å². The van der Waals surface area contributed by atoms with Crippen LogP contribution in [-0.2, 0) is 9.53 Å². The van der Waals surface area contributed by atoms with Crippen LogP contribution < -0.4 is 10.2 Å². The zero-order valence-electron chi connectivity index (χ0n) is 14.2. The molecule has 0 saturated carbocycles. The SMILES string of the molecule is COCC(C)NC(=O)CN1CCN(c2nc3ccccc3s2)CC1. The fraction of sp³-hybridized carbons (Fsp3) is 0.529. The number of anilines is 1. The van der Waals surface area contributed by atoms with E-state index < -0.39 is 0 Å². The molecule has 1 aromatic carbocycles. The fourth-order valence-electron chi connectivity index (χ4n) is 2.91. The van der Waals surface area contributed by atoms with Gasteiger partial charge in [-0.2, -0.15) is 0 Å². The molecule has 2 aromatic rings. The zero-order valence-corrected chi connectivity index (χ0v) is 15.0. The van der Waals surface area contributed by atoms with Crippen molar-refractivity contribution in [2.24, 2.45) is 0 Å². The molecule has 1 amide bonds. The number of methoxy groups -OCH3 is 1. The fourth-order valence-corrected chi connectivity index (χ4v) is 3.93. The quantitative estimate of drug-likeness (QED) is 0.859. The van der Waals surface area contributed by atoms with Gasteiger partial charge in [0.15, 0.2) is 5.13 Å². The topological polar surface area (TPSA) is 57.7 Å². The number of carbonyl (C=O) groups is 1. The van der Waals surface area contributed by atoms with E-state index in [0.29, 0.717) is 13.2 Å². The minimum absolute atomic E-state index is 0.0477. The highest BCUT2D eigenvalue weighted by atomic mass is 32.1. The van der Waals surface area contributed by atoms with Crippen LogP contribution >= 0.6 is 11.3 Å². The van der Waals surface area contributed by atoms with Crippen LogP contribution in [0.25, 0.3) is 10.2 Å². The number of amides is 1. The van der Waals surface area contributed by atoms with Gasteiger partial charge in [-0.1, -0.05) is 23.5 Å². The number of benzene rings is 1. The number of nitrogens with zero attached hydrogens (tertiary/aromatic N) is 3. The van der Waals surface area contributed by atoms with Crippen molar-refractivity contribution < 1.29 is 9.53 Å². The molecular weight excluding hydrogens is 324 g/mol. The first kappa shape index (κ1) is 17.1. The summed E-state index contributed by atoms with van der Waals surface area (Å²) in [7, 11) is 1.64. The van der Waals surface area contributed by atoms with E-state index in [1.807, 2.05) is 19.1 Å². The lowest BCUT2D eigenvalue weighted by molar-refractivity contribution is -0.123. The number of nitrogens with one attached hydrogen (secondary N) is 1. The second kappa shape index (κ2) is 7.92. The molecule has 0 spiro atoms. The van der Waals surface area contributed by atoms with Crippen LogP contribution in [0.4, 0.5) is 5.13 Å². The molecule has 1 aliphatic heterocycles. The number of piperazine rings is 1. The zero-order chi connectivity index (χ0) is 16.9. The van der Waals surface area contributed by atoms with Gasteiger partial charge in [0.1, 0.15) is 0 Å². The van der Waals surface area contributed by atoms with Gasteiger partial charge in [-0.05, 0) is 19.1 Å². The Kier molecular flexibility index (Phi) is 5.65. The number of hydrogen-bond acceptors (Lipinski definition) is 6. The van der Waals surface area contributed by atoms with Crippen LogP contribution in [0.5, 0.6) is 0 Å². The predicted octanol–water partition coefficient (Wildman–Crippen LogP) is 1.57. The van der Waals surface area contributed by atoms with Crippen molar-refractivity contribution in [2.45, 2.75) is 13.0 Å². The summed E-state index contributed by atoms with van der Waals surface area (Å²) < 4.78 is 6.27. The monoisotopic (exact) mass is 348 g/mol. The van der Waals surface area contributed by atoms with Crippen LogP contribution in [0.15, 0.2) is 24.3 Å². The minimum atomic E-state index is 0.0477. The summed E-state index contributed by atoms with van der Waals surface area (Å²) in [4.78, 5) is 21.3. The molecule has 1 unspecified atom stereocenters. The molecule has 1 atom stereocenters. The number of hydrogen-bond donors (Lipinski definition) is 1. The molecule has 1 aromatic heterocycles. The van der Waals surface area contributed by atoms with Gasteiger partial charge in [0.2, 0.25) is 5.91 Å². The van der Waals surface area contributed by atoms with E-state index in [4.69, 9.17) is 9.72 Å². The lowest BCUT2D eigenvalue weighted by Crippen LogP contribution is -2.50. The van der Waals surface area contributed by atoms with Gasteiger partial charge < -0.3 is 15.0 Å². The first-order valence-corrected chi connectivity index (χ1v) is 9.08. The van der Waals surface area contributed by atoms with Gasteiger partial charge in [-0.25, -0.2) is 4.98 Å². The number of para-hydroxylation sites is 1. The molecule has 2 heterocycles. The Morgan fingerprint density at radius 1 is 1.33 bits per heavy atom. The van der Waals surface area contributed by atoms with Gasteiger partial charge in [-0.3, -0.25) is 9.69 Å². The van der Waals surface area contributed by atoms with Crippen molar-refractivity contribution in [1.29, 1.82) is 0 Å². The van der Waals surface area contributed by atoms with Crippen molar-refractivity contribution in [1.82, 2.24) is 15.2 Å². The summed E-state index contributed by atoms with van der Waals surface area (Å²) in [6.07, 6.45) is 0. The first-order valence-electron chi connectivity index (χ1n) is 8.27. The molecule has 1 fully saturated rings. The van der Waals surface area contributed by atoms with Gasteiger partial charge in [0.05, 0.1) is 23.4 Å². The number of rotatable bonds is 6. The van der Waals surface area contributed by atoms with E-state index in [0.717, 1.165) is 36.8 Å². The van der Waals surface area contributed by atoms with E-state index >= 15 is 0 Å². The number of thiazole rings is 1. The smallest absolute Gasteiger partial charge is 0.234 e. The Bertz CT molecular complexity index is 649. The lowest BCUT2D eigenvalue weighted by Gasteiger charge is -2.34. The van der Waals surface area contributed by atoms with Crippen molar-refractivity contribution in [3.63, 3.8) is 0 Å². The Labute approximate surface area is 146 Å². The van der Waals surface area contributed by atoms with E-state index in [9.17, 15) is 4.79 Å². The van der Waals surface area contributed by atoms with E-state index in [-0.39, 0.29) is 11.9 Å². The second-order valence-corrected chi connectivity index (χ2v) is 7.16. The minimum Gasteiger partial charge on any atom is -0.383 e. The average molecular weight is 348 g/mol. The van der Waals surface area contributed by atoms with E-state index in [2.05, 4.69) is 27.2 Å². The maximum absolute atomic E-state index is 12.0. The van der Waals surface area contributed by atoms with Crippen LogP contribution in [0, 0.1) is 0 Å². The Morgan fingerprint density at radius 2 is 2.08 bits per heavy atom. The normalized spacial score (nSPS) is 17.2. The molecule has 1 saturated heterocycles. The van der Waals surface area contributed by atoms with Gasteiger partial charge in [-0.15, -0.1) is 0 Å². The molecule has 1 N–H and O–H groups in total. The predicted molar refractivity (Wildman–Crippen MR) is 97.8 cm³/mol. The molecule has 7 heteroatoms. The average Bonchev–Trinajstić information content (AvgIpc) is 2.99. The third-order valence-corrected chi connectivity index (χ3v) is 5.21. The van der Waals surface area contributed by atoms with Crippen LogP contribution in [0.3, 0.4) is 0 Å². The highest BCUT2D eigenvalue weighted by Crippen LogP contribution is 2.28. The highest BCUT2D eigenvalue weighted by molar-refractivity contribution is 7.22. The van der Waals surface area contributed by atoms with Crippen LogP contribution in [0.2, 0.25) is 0 Å². The van der Waals surface area contributed by atoms with Crippen molar-refractivity contribution in [3.8, 4) is 0 Å². The maximum Gasteiger partial charge on any atom is 0.234 e. The summed E-state index contributed by atoms with van der Waals surface area (Å²) in [5.41, 5.74) is 1.06. The summed E-state index contributed by atoms with van der Waals surface area (Å²) in [5.74, 6) is 0.0630. The van der Waals surface area contributed by atoms with Crippen LogP contribution in [-0.4, -0.2) is 68.3 Å². The number of carbonyl (C=O) groups excluding carboxylic acids is 1. The summed E-state index contributed by atoms with van der Waals surface area (Å²) in [6.45, 7) is 6.50. The molecule has 3 rings (SSSR count). The summed E-state index contributed by atoms with van der Waals surface area (Å²) >= 11 is 1.74. The largest absolute Gasteiger partial charge is 0.383 e. The number of aromatic nitrogens is 1. The number of ether oxygens (including phenoxy) is 1. The molecule has 6 nitrogen and oxygen atoms in total. The van der Waals surface area contributed by atoms with Gasteiger partial charge in [0, 0.05) is 39.3 Å². The third-order valence-electron chi connectivity index (χ3n) is 4.12. The van der Waals surface area contributed by atoms with Gasteiger partial charge in [0.25, 0.3) is 0 Å². The Morgan fingerprint density at radius 3 is 2.79 bits per heavy atom. The maximum atomic E-state index is 12.0. The third kappa shape index (κ3) is 4.23. The molecule has 0 radical (unpaired) electrons. The first-order chi connectivity index (χ1) is 11.7. The summed E-state index contributed by atoms with van der Waals surface area (Å²) in [5, 5.41) is 4.04. The van der Waals surface area contributed by atoms with Crippen molar-refractivity contribution in [2.75, 3.05) is 51.3 Å². The van der Waals surface area contributed by atoms with E-state index in [1.54, 1.807) is 18.4 Å². The highest BCUT2D eigenvalue weighted by Gasteiger charge is 2.21.